The van der Waals surface area contributed by atoms with Crippen LogP contribution in [0.25, 0.3) is 0 Å². The first-order chi connectivity index (χ1) is 5.55. The van der Waals surface area contributed by atoms with Gasteiger partial charge in [-0.1, -0.05) is 0 Å². The van der Waals surface area contributed by atoms with Crippen molar-refractivity contribution in [3.63, 3.8) is 0 Å². The van der Waals surface area contributed by atoms with Gasteiger partial charge in [0, 0.05) is 18.9 Å². The van der Waals surface area contributed by atoms with Crippen LogP contribution in [0.1, 0.15) is 13.8 Å². The van der Waals surface area contributed by atoms with Gasteiger partial charge in [0.15, 0.2) is 5.95 Å². The highest BCUT2D eigenvalue weighted by molar-refractivity contribution is 5.17. The Hall–Kier alpha value is -1.50. The Morgan fingerprint density at radius 2 is 2.42 bits per heavy atom. The maximum absolute atomic E-state index is 8.76. The van der Waals surface area contributed by atoms with Crippen LogP contribution in [0.3, 0.4) is 0 Å². The zero-order valence-corrected chi connectivity index (χ0v) is 7.28. The maximum atomic E-state index is 8.76. The van der Waals surface area contributed by atoms with Crippen molar-refractivity contribution in [3.05, 3.63) is 12.4 Å². The molecule has 0 fully saturated rings. The van der Waals surface area contributed by atoms with Gasteiger partial charge in [0.25, 0.3) is 0 Å². The van der Waals surface area contributed by atoms with Crippen LogP contribution in [0.2, 0.25) is 0 Å². The van der Waals surface area contributed by atoms with Gasteiger partial charge in [-0.3, -0.25) is 0 Å². The summed E-state index contributed by atoms with van der Waals surface area (Å²) in [5, 5.41) is 8.76. The summed E-state index contributed by atoms with van der Waals surface area (Å²) in [4.78, 5) is 3.87. The fraction of sp³-hybridized carbons (Fsp3) is 0.500. The van der Waals surface area contributed by atoms with Crippen molar-refractivity contribution in [3.8, 4) is 6.07 Å². The number of anilines is 1. The lowest BCUT2D eigenvalue weighted by Gasteiger charge is -2.15. The highest BCUT2D eigenvalue weighted by Crippen LogP contribution is 2.17. The number of rotatable bonds is 2. The Kier molecular flexibility index (Phi) is 2.05. The second-order valence-corrected chi connectivity index (χ2v) is 3.41. The minimum Gasteiger partial charge on any atom is -0.369 e. The normalized spacial score (nSPS) is 11.1. The molecule has 12 heavy (non-hydrogen) atoms. The molecule has 0 aliphatic carbocycles. The van der Waals surface area contributed by atoms with E-state index in [0.717, 1.165) is 0 Å². The molecule has 1 rings (SSSR count). The van der Waals surface area contributed by atoms with E-state index in [1.54, 1.807) is 17.0 Å². The number of aromatic nitrogens is 2. The highest BCUT2D eigenvalue weighted by atomic mass is 15.1. The largest absolute Gasteiger partial charge is 0.369 e. The summed E-state index contributed by atoms with van der Waals surface area (Å²) in [7, 11) is 0. The third-order valence-corrected chi connectivity index (χ3v) is 1.62. The molecule has 4 heteroatoms. The Bertz CT molecular complexity index is 305. The van der Waals surface area contributed by atoms with Crippen molar-refractivity contribution < 1.29 is 0 Å². The first-order valence-electron chi connectivity index (χ1n) is 3.73. The first kappa shape index (κ1) is 8.60. The molecule has 4 nitrogen and oxygen atoms in total. The molecule has 1 heterocycles. The van der Waals surface area contributed by atoms with E-state index in [9.17, 15) is 0 Å². The van der Waals surface area contributed by atoms with Crippen molar-refractivity contribution in [2.75, 3.05) is 5.73 Å². The third-order valence-electron chi connectivity index (χ3n) is 1.62. The van der Waals surface area contributed by atoms with Gasteiger partial charge < -0.3 is 10.3 Å². The zero-order valence-electron chi connectivity index (χ0n) is 7.28. The smallest absolute Gasteiger partial charge is 0.200 e. The molecule has 0 bridgehead atoms. The predicted molar refractivity (Wildman–Crippen MR) is 46.0 cm³/mol. The lowest BCUT2D eigenvalue weighted by molar-refractivity contribution is 0.412. The average molecular weight is 164 g/mol. The van der Waals surface area contributed by atoms with Crippen LogP contribution < -0.4 is 5.73 Å². The molecule has 2 N–H and O–H groups in total. The highest BCUT2D eigenvalue weighted by Gasteiger charge is 2.17. The van der Waals surface area contributed by atoms with E-state index in [0.29, 0.717) is 12.5 Å². The molecular formula is C8H12N4. The quantitative estimate of drug-likeness (QED) is 0.709. The summed E-state index contributed by atoms with van der Waals surface area (Å²) in [6.07, 6.45) is 3.40. The molecule has 0 atom stereocenters. The van der Waals surface area contributed by atoms with E-state index in [2.05, 4.69) is 11.1 Å². The van der Waals surface area contributed by atoms with E-state index >= 15 is 0 Å². The standard InChI is InChI=1S/C8H12N4/c1-8(2,5-9)6-12-4-3-11-7(12)10/h3-4H,6H2,1-2H3,(H2,10,11). The molecule has 0 saturated heterocycles. The summed E-state index contributed by atoms with van der Waals surface area (Å²) in [5.41, 5.74) is 5.15. The Morgan fingerprint density at radius 1 is 1.75 bits per heavy atom. The van der Waals surface area contributed by atoms with Crippen molar-refractivity contribution in [2.24, 2.45) is 5.41 Å². The summed E-state index contributed by atoms with van der Waals surface area (Å²) in [5.74, 6) is 0.457. The zero-order chi connectivity index (χ0) is 9.19. The van der Waals surface area contributed by atoms with Crippen LogP contribution >= 0.6 is 0 Å². The molecule has 0 spiro atoms. The van der Waals surface area contributed by atoms with Crippen molar-refractivity contribution >= 4 is 5.95 Å². The third kappa shape index (κ3) is 1.76. The number of hydrogen-bond acceptors (Lipinski definition) is 3. The van der Waals surface area contributed by atoms with E-state index in [1.165, 1.54) is 0 Å². The number of hydrogen-bond donors (Lipinski definition) is 1. The van der Waals surface area contributed by atoms with Crippen LogP contribution in [0.15, 0.2) is 12.4 Å². The molecule has 0 amide bonds. The summed E-state index contributed by atoms with van der Waals surface area (Å²) < 4.78 is 1.77. The fourth-order valence-corrected chi connectivity index (χ4v) is 0.936. The summed E-state index contributed by atoms with van der Waals surface area (Å²) >= 11 is 0. The number of nitrogen functional groups attached to an aromatic ring is 1. The van der Waals surface area contributed by atoms with Gasteiger partial charge in [0.1, 0.15) is 0 Å². The lowest BCUT2D eigenvalue weighted by atomic mass is 9.96. The molecule has 0 radical (unpaired) electrons. The van der Waals surface area contributed by atoms with E-state index in [1.807, 2.05) is 13.8 Å². The van der Waals surface area contributed by atoms with Gasteiger partial charge in [0.2, 0.25) is 0 Å². The second-order valence-electron chi connectivity index (χ2n) is 3.41. The van der Waals surface area contributed by atoms with E-state index in [-0.39, 0.29) is 0 Å². The molecule has 0 unspecified atom stereocenters. The Balaban J connectivity index is 2.78. The molecule has 64 valence electrons. The van der Waals surface area contributed by atoms with E-state index in [4.69, 9.17) is 11.0 Å². The first-order valence-corrected chi connectivity index (χ1v) is 3.73. The fourth-order valence-electron chi connectivity index (χ4n) is 0.936. The molecular weight excluding hydrogens is 152 g/mol. The maximum Gasteiger partial charge on any atom is 0.200 e. The summed E-state index contributed by atoms with van der Waals surface area (Å²) in [6.45, 7) is 4.31. The molecule has 0 aromatic carbocycles. The number of nitrogens with two attached hydrogens (primary N) is 1. The van der Waals surface area contributed by atoms with Crippen molar-refractivity contribution in [1.29, 1.82) is 5.26 Å². The average Bonchev–Trinajstić information content (AvgIpc) is 2.36. The minimum absolute atomic E-state index is 0.394. The lowest BCUT2D eigenvalue weighted by Crippen LogP contribution is -2.18. The van der Waals surface area contributed by atoms with Gasteiger partial charge in [-0.05, 0) is 13.8 Å². The van der Waals surface area contributed by atoms with Gasteiger partial charge in [-0.2, -0.15) is 5.26 Å². The number of imidazole rings is 1. The topological polar surface area (TPSA) is 67.6 Å². The van der Waals surface area contributed by atoms with Crippen LogP contribution in [-0.2, 0) is 6.54 Å². The van der Waals surface area contributed by atoms with Crippen LogP contribution in [0.5, 0.6) is 0 Å². The summed E-state index contributed by atoms with van der Waals surface area (Å²) in [6, 6.07) is 2.20. The molecule has 0 aliphatic rings. The Labute approximate surface area is 71.6 Å². The Morgan fingerprint density at radius 3 is 2.83 bits per heavy atom. The molecule has 0 aliphatic heterocycles. The van der Waals surface area contributed by atoms with E-state index < -0.39 is 5.41 Å². The van der Waals surface area contributed by atoms with Gasteiger partial charge in [0.05, 0.1) is 11.5 Å². The molecule has 0 saturated carbocycles. The second kappa shape index (κ2) is 2.86. The minimum atomic E-state index is -0.394. The van der Waals surface area contributed by atoms with Crippen LogP contribution in [-0.4, -0.2) is 9.55 Å². The van der Waals surface area contributed by atoms with Gasteiger partial charge >= 0.3 is 0 Å². The monoisotopic (exact) mass is 164 g/mol. The van der Waals surface area contributed by atoms with Gasteiger partial charge in [-0.25, -0.2) is 4.98 Å². The number of nitrogens with zero attached hydrogens (tertiary/aromatic N) is 3. The van der Waals surface area contributed by atoms with Gasteiger partial charge in [-0.15, -0.1) is 0 Å². The predicted octanol–water partition coefficient (Wildman–Crippen LogP) is 1.02. The number of nitriles is 1. The van der Waals surface area contributed by atoms with Crippen molar-refractivity contribution in [2.45, 2.75) is 20.4 Å². The molecule has 1 aromatic rings. The SMILES string of the molecule is CC(C)(C#N)Cn1ccnc1N. The molecule has 1 aromatic heterocycles. The van der Waals surface area contributed by atoms with Crippen LogP contribution in [0, 0.1) is 16.7 Å². The van der Waals surface area contributed by atoms with Crippen LogP contribution in [0.4, 0.5) is 5.95 Å². The van der Waals surface area contributed by atoms with Crippen molar-refractivity contribution in [1.82, 2.24) is 9.55 Å².